The first-order chi connectivity index (χ1) is 11.5. The number of benzene rings is 1. The number of aromatic nitrogens is 2. The molecule has 0 amide bonds. The zero-order valence-corrected chi connectivity index (χ0v) is 13.2. The van der Waals surface area contributed by atoms with E-state index in [1.54, 1.807) is 0 Å². The molecule has 2 aromatic rings. The van der Waals surface area contributed by atoms with Gasteiger partial charge in [0.05, 0.1) is 12.2 Å². The largest absolute Gasteiger partial charge is 0.401 e. The van der Waals surface area contributed by atoms with Gasteiger partial charge in [0.1, 0.15) is 0 Å². The van der Waals surface area contributed by atoms with Gasteiger partial charge in [0.25, 0.3) is 0 Å². The van der Waals surface area contributed by atoms with Gasteiger partial charge in [-0.3, -0.25) is 4.90 Å². The Morgan fingerprint density at radius 3 is 2.33 bits per heavy atom. The molecule has 2 heterocycles. The summed E-state index contributed by atoms with van der Waals surface area (Å²) in [6.45, 7) is 1.19. The van der Waals surface area contributed by atoms with E-state index < -0.39 is 12.7 Å². The molecule has 0 atom stereocenters. The summed E-state index contributed by atoms with van der Waals surface area (Å²) >= 11 is 0. The van der Waals surface area contributed by atoms with Crippen molar-refractivity contribution in [2.45, 2.75) is 12.6 Å². The van der Waals surface area contributed by atoms with E-state index in [0.29, 0.717) is 38.4 Å². The van der Waals surface area contributed by atoms with E-state index >= 15 is 0 Å². The number of alkyl halides is 3. The summed E-state index contributed by atoms with van der Waals surface area (Å²) in [5.74, 6) is 0.712. The SMILES string of the molecule is FC(F)(F)CN1CCCN(c2ccc(-c3ccccc3)nn2)CC1. The Morgan fingerprint density at radius 2 is 1.67 bits per heavy atom. The highest BCUT2D eigenvalue weighted by atomic mass is 19.4. The van der Waals surface area contributed by atoms with Gasteiger partial charge in [-0.15, -0.1) is 10.2 Å². The number of rotatable bonds is 3. The van der Waals surface area contributed by atoms with Crippen LogP contribution < -0.4 is 4.90 Å². The van der Waals surface area contributed by atoms with Crippen molar-refractivity contribution < 1.29 is 13.2 Å². The monoisotopic (exact) mass is 336 g/mol. The van der Waals surface area contributed by atoms with Gasteiger partial charge < -0.3 is 4.90 Å². The van der Waals surface area contributed by atoms with Gasteiger partial charge in [-0.05, 0) is 18.6 Å². The van der Waals surface area contributed by atoms with Gasteiger partial charge in [0.2, 0.25) is 0 Å². The molecule has 0 radical (unpaired) electrons. The van der Waals surface area contributed by atoms with E-state index in [2.05, 4.69) is 10.2 Å². The minimum absolute atomic E-state index is 0.377. The molecule has 1 aliphatic heterocycles. The average molecular weight is 336 g/mol. The molecule has 0 N–H and O–H groups in total. The molecular weight excluding hydrogens is 317 g/mol. The number of anilines is 1. The van der Waals surface area contributed by atoms with Crippen LogP contribution in [0.5, 0.6) is 0 Å². The van der Waals surface area contributed by atoms with Crippen molar-refractivity contribution in [1.82, 2.24) is 15.1 Å². The van der Waals surface area contributed by atoms with Crippen LogP contribution in [0.25, 0.3) is 11.3 Å². The molecule has 3 rings (SSSR count). The summed E-state index contributed by atoms with van der Waals surface area (Å²) < 4.78 is 37.6. The van der Waals surface area contributed by atoms with Gasteiger partial charge in [0, 0.05) is 31.7 Å². The van der Waals surface area contributed by atoms with E-state index in [4.69, 9.17) is 0 Å². The fourth-order valence-corrected chi connectivity index (χ4v) is 2.87. The van der Waals surface area contributed by atoms with Crippen molar-refractivity contribution in [2.75, 3.05) is 37.6 Å². The van der Waals surface area contributed by atoms with Crippen LogP contribution in [0, 0.1) is 0 Å². The normalized spacial score (nSPS) is 16.9. The van der Waals surface area contributed by atoms with Crippen LogP contribution in [0.1, 0.15) is 6.42 Å². The number of nitrogens with zero attached hydrogens (tertiary/aromatic N) is 4. The smallest absolute Gasteiger partial charge is 0.354 e. The molecule has 24 heavy (non-hydrogen) atoms. The van der Waals surface area contributed by atoms with E-state index in [1.165, 1.54) is 4.90 Å². The van der Waals surface area contributed by atoms with Gasteiger partial charge in [-0.25, -0.2) is 0 Å². The second-order valence-electron chi connectivity index (χ2n) is 5.87. The highest BCUT2D eigenvalue weighted by molar-refractivity contribution is 5.59. The minimum Gasteiger partial charge on any atom is -0.354 e. The molecule has 0 spiro atoms. The van der Waals surface area contributed by atoms with Crippen molar-refractivity contribution in [3.05, 3.63) is 42.5 Å². The molecule has 128 valence electrons. The quantitative estimate of drug-likeness (QED) is 0.861. The molecule has 4 nitrogen and oxygen atoms in total. The molecule has 7 heteroatoms. The Balaban J connectivity index is 1.65. The summed E-state index contributed by atoms with van der Waals surface area (Å²) in [6, 6.07) is 13.5. The number of hydrogen-bond donors (Lipinski definition) is 0. The van der Waals surface area contributed by atoms with Crippen LogP contribution in [0.3, 0.4) is 0 Å². The van der Waals surface area contributed by atoms with Crippen LogP contribution in [-0.4, -0.2) is 54.0 Å². The van der Waals surface area contributed by atoms with Crippen molar-refractivity contribution in [3.8, 4) is 11.3 Å². The van der Waals surface area contributed by atoms with E-state index in [0.717, 1.165) is 11.3 Å². The van der Waals surface area contributed by atoms with Crippen LogP contribution in [0.2, 0.25) is 0 Å². The summed E-state index contributed by atoms with van der Waals surface area (Å²) in [6.07, 6.45) is -3.47. The van der Waals surface area contributed by atoms with E-state index in [-0.39, 0.29) is 0 Å². The Morgan fingerprint density at radius 1 is 0.875 bits per heavy atom. The summed E-state index contributed by atoms with van der Waals surface area (Å²) in [5.41, 5.74) is 1.77. The Labute approximate surface area is 138 Å². The van der Waals surface area contributed by atoms with Crippen molar-refractivity contribution >= 4 is 5.82 Å². The van der Waals surface area contributed by atoms with Crippen LogP contribution >= 0.6 is 0 Å². The topological polar surface area (TPSA) is 32.3 Å². The predicted octanol–water partition coefficient (Wildman–Crippen LogP) is 3.22. The lowest BCUT2D eigenvalue weighted by molar-refractivity contribution is -0.145. The molecule has 0 unspecified atom stereocenters. The third-order valence-corrected chi connectivity index (χ3v) is 4.04. The summed E-state index contributed by atoms with van der Waals surface area (Å²) in [5, 5.41) is 8.50. The van der Waals surface area contributed by atoms with Gasteiger partial charge in [-0.2, -0.15) is 13.2 Å². The first-order valence-corrected chi connectivity index (χ1v) is 7.94. The van der Waals surface area contributed by atoms with Crippen LogP contribution in [-0.2, 0) is 0 Å². The third-order valence-electron chi connectivity index (χ3n) is 4.04. The predicted molar refractivity (Wildman–Crippen MR) is 86.8 cm³/mol. The zero-order valence-electron chi connectivity index (χ0n) is 13.2. The number of hydrogen-bond acceptors (Lipinski definition) is 4. The van der Waals surface area contributed by atoms with Gasteiger partial charge in [0.15, 0.2) is 5.82 Å². The van der Waals surface area contributed by atoms with Crippen molar-refractivity contribution in [1.29, 1.82) is 0 Å². The Bertz CT molecular complexity index is 643. The average Bonchev–Trinajstić information content (AvgIpc) is 2.80. The molecule has 1 saturated heterocycles. The van der Waals surface area contributed by atoms with Gasteiger partial charge in [-0.1, -0.05) is 30.3 Å². The lowest BCUT2D eigenvalue weighted by Crippen LogP contribution is -2.37. The van der Waals surface area contributed by atoms with E-state index in [9.17, 15) is 13.2 Å². The van der Waals surface area contributed by atoms with E-state index in [1.807, 2.05) is 47.4 Å². The van der Waals surface area contributed by atoms with Crippen molar-refractivity contribution in [2.24, 2.45) is 0 Å². The zero-order chi connectivity index (χ0) is 17.0. The van der Waals surface area contributed by atoms with Gasteiger partial charge >= 0.3 is 6.18 Å². The highest BCUT2D eigenvalue weighted by Crippen LogP contribution is 2.21. The number of halogens is 3. The highest BCUT2D eigenvalue weighted by Gasteiger charge is 2.31. The summed E-state index contributed by atoms with van der Waals surface area (Å²) in [4.78, 5) is 3.45. The maximum Gasteiger partial charge on any atom is 0.401 e. The fourth-order valence-electron chi connectivity index (χ4n) is 2.87. The second-order valence-corrected chi connectivity index (χ2v) is 5.87. The molecule has 0 saturated carbocycles. The lowest BCUT2D eigenvalue weighted by atomic mass is 10.1. The maximum atomic E-state index is 12.5. The second kappa shape index (κ2) is 7.17. The molecule has 0 aliphatic carbocycles. The third kappa shape index (κ3) is 4.44. The van der Waals surface area contributed by atoms with Crippen LogP contribution in [0.15, 0.2) is 42.5 Å². The molecule has 0 bridgehead atoms. The minimum atomic E-state index is -4.15. The first-order valence-electron chi connectivity index (χ1n) is 7.94. The first kappa shape index (κ1) is 16.7. The Kier molecular flexibility index (Phi) is 4.99. The molecule has 1 fully saturated rings. The summed E-state index contributed by atoms with van der Waals surface area (Å²) in [7, 11) is 0. The molecule has 1 aliphatic rings. The fraction of sp³-hybridized carbons (Fsp3) is 0.412. The molecular formula is C17H19F3N4. The maximum absolute atomic E-state index is 12.5. The lowest BCUT2D eigenvalue weighted by Gasteiger charge is -2.23. The molecule has 1 aromatic heterocycles. The van der Waals surface area contributed by atoms with Crippen LogP contribution in [0.4, 0.5) is 19.0 Å². The van der Waals surface area contributed by atoms with Crippen molar-refractivity contribution in [3.63, 3.8) is 0 Å². The standard InChI is InChI=1S/C17H19F3N4/c18-17(19,20)13-23-9-4-10-24(12-11-23)16-8-7-15(21-22-16)14-5-2-1-3-6-14/h1-3,5-8H,4,9-13H2. The molecule has 1 aromatic carbocycles. The Hall–Kier alpha value is -2.15.